The lowest BCUT2D eigenvalue weighted by molar-refractivity contribution is 0.426. The molecule has 92 valence electrons. The van der Waals surface area contributed by atoms with Gasteiger partial charge in [-0.15, -0.1) is 0 Å². The minimum Gasteiger partial charge on any atom is -0.423 e. The van der Waals surface area contributed by atoms with Gasteiger partial charge in [0, 0.05) is 13.1 Å². The largest absolute Gasteiger partial charge is 0.488 e. The number of hydrogen-bond donors (Lipinski definition) is 3. The van der Waals surface area contributed by atoms with Crippen LogP contribution in [0, 0.1) is 0 Å². The van der Waals surface area contributed by atoms with Gasteiger partial charge in [0.15, 0.2) is 9.84 Å². The Morgan fingerprint density at radius 2 is 1.88 bits per heavy atom. The van der Waals surface area contributed by atoms with Gasteiger partial charge in [0.25, 0.3) is 0 Å². The summed E-state index contributed by atoms with van der Waals surface area (Å²) in [6.45, 7) is 0.898. The summed E-state index contributed by atoms with van der Waals surface area (Å²) in [4.78, 5) is 0. The Labute approximate surface area is 101 Å². The molecule has 1 saturated heterocycles. The molecule has 1 unspecified atom stereocenters. The van der Waals surface area contributed by atoms with Crippen LogP contribution in [0.4, 0.5) is 0 Å². The molecule has 1 aliphatic heterocycles. The summed E-state index contributed by atoms with van der Waals surface area (Å²) in [5.74, 6) is 0.141. The van der Waals surface area contributed by atoms with E-state index in [0.717, 1.165) is 0 Å². The molecule has 7 heteroatoms. The summed E-state index contributed by atoms with van der Waals surface area (Å²) >= 11 is 0. The third kappa shape index (κ3) is 2.69. The molecule has 2 rings (SSSR count). The summed E-state index contributed by atoms with van der Waals surface area (Å²) in [5.41, 5.74) is 1.04. The van der Waals surface area contributed by atoms with Crippen molar-refractivity contribution in [2.24, 2.45) is 0 Å². The fourth-order valence-corrected chi connectivity index (χ4v) is 3.58. The summed E-state index contributed by atoms with van der Waals surface area (Å²) in [6, 6.07) is 6.32. The average Bonchev–Trinajstić information content (AvgIpc) is 2.28. The zero-order valence-electron chi connectivity index (χ0n) is 9.20. The first-order valence-electron chi connectivity index (χ1n) is 5.39. The van der Waals surface area contributed by atoms with Crippen molar-refractivity contribution in [1.82, 2.24) is 5.32 Å². The monoisotopic (exact) mass is 255 g/mol. The molecule has 0 aromatic heterocycles. The molecule has 0 saturated carbocycles. The lowest BCUT2D eigenvalue weighted by atomic mass is 9.80. The van der Waals surface area contributed by atoms with E-state index in [-0.39, 0.29) is 5.75 Å². The second-order valence-corrected chi connectivity index (χ2v) is 6.40. The van der Waals surface area contributed by atoms with Crippen molar-refractivity contribution in [1.29, 1.82) is 0 Å². The van der Waals surface area contributed by atoms with E-state index in [9.17, 15) is 8.42 Å². The molecule has 0 radical (unpaired) electrons. The van der Waals surface area contributed by atoms with Crippen molar-refractivity contribution in [2.75, 3.05) is 18.8 Å². The highest BCUT2D eigenvalue weighted by Crippen LogP contribution is 2.23. The van der Waals surface area contributed by atoms with Crippen molar-refractivity contribution in [3.8, 4) is 0 Å². The maximum atomic E-state index is 11.9. The van der Waals surface area contributed by atoms with Crippen molar-refractivity contribution >= 4 is 22.4 Å². The van der Waals surface area contributed by atoms with Crippen LogP contribution in [-0.4, -0.2) is 44.4 Å². The highest BCUT2D eigenvalue weighted by molar-refractivity contribution is 7.91. The molecule has 0 aliphatic carbocycles. The minimum atomic E-state index is -3.10. The molecule has 1 aliphatic rings. The number of rotatable bonds is 2. The Hall–Kier alpha value is -0.885. The van der Waals surface area contributed by atoms with Crippen LogP contribution in [0.15, 0.2) is 24.3 Å². The van der Waals surface area contributed by atoms with Gasteiger partial charge in [0.2, 0.25) is 0 Å². The molecule has 1 atom stereocenters. The zero-order valence-corrected chi connectivity index (χ0v) is 10.0. The number of benzene rings is 1. The van der Waals surface area contributed by atoms with E-state index < -0.39 is 22.2 Å². The third-order valence-corrected chi connectivity index (χ3v) is 5.01. The van der Waals surface area contributed by atoms with E-state index in [4.69, 9.17) is 10.0 Å². The highest BCUT2D eigenvalue weighted by Gasteiger charge is 2.30. The predicted molar refractivity (Wildman–Crippen MR) is 65.7 cm³/mol. The fraction of sp³-hybridized carbons (Fsp3) is 0.400. The first-order chi connectivity index (χ1) is 8.00. The third-order valence-electron chi connectivity index (χ3n) is 2.93. The van der Waals surface area contributed by atoms with Gasteiger partial charge in [-0.1, -0.05) is 24.3 Å². The lowest BCUT2D eigenvalue weighted by Crippen LogP contribution is -2.39. The maximum absolute atomic E-state index is 11.9. The Balaban J connectivity index is 2.27. The van der Waals surface area contributed by atoms with Crippen LogP contribution in [0.5, 0.6) is 0 Å². The molecule has 0 amide bonds. The van der Waals surface area contributed by atoms with Crippen molar-refractivity contribution < 1.29 is 18.5 Å². The van der Waals surface area contributed by atoms with Crippen molar-refractivity contribution in [3.05, 3.63) is 29.8 Å². The van der Waals surface area contributed by atoms with Crippen LogP contribution in [0.25, 0.3) is 0 Å². The summed E-state index contributed by atoms with van der Waals surface area (Å²) < 4.78 is 23.7. The van der Waals surface area contributed by atoms with Gasteiger partial charge < -0.3 is 15.4 Å². The predicted octanol–water partition coefficient (Wildman–Crippen LogP) is -1.57. The molecular formula is C10H14BNO4S. The van der Waals surface area contributed by atoms with Gasteiger partial charge in [0.1, 0.15) is 0 Å². The quantitative estimate of drug-likeness (QED) is 0.555. The molecule has 1 heterocycles. The Kier molecular flexibility index (Phi) is 3.53. The average molecular weight is 255 g/mol. The minimum absolute atomic E-state index is 0.141. The second kappa shape index (κ2) is 4.77. The Morgan fingerprint density at radius 1 is 1.24 bits per heavy atom. The van der Waals surface area contributed by atoms with Gasteiger partial charge in [-0.3, -0.25) is 0 Å². The number of sulfone groups is 1. The van der Waals surface area contributed by atoms with Gasteiger partial charge in [0.05, 0.1) is 11.0 Å². The fourth-order valence-electron chi connectivity index (χ4n) is 1.92. The van der Waals surface area contributed by atoms with Crippen LogP contribution < -0.4 is 10.8 Å². The van der Waals surface area contributed by atoms with E-state index in [0.29, 0.717) is 24.1 Å². The van der Waals surface area contributed by atoms with E-state index >= 15 is 0 Å². The SMILES string of the molecule is O=S1(=O)CCNCC1c1ccc(B(O)O)cc1. The highest BCUT2D eigenvalue weighted by atomic mass is 32.2. The van der Waals surface area contributed by atoms with Crippen LogP contribution in [0.3, 0.4) is 0 Å². The van der Waals surface area contributed by atoms with E-state index in [1.807, 2.05) is 0 Å². The molecular weight excluding hydrogens is 241 g/mol. The zero-order chi connectivity index (χ0) is 12.5. The standard InChI is InChI=1S/C10H14BNO4S/c13-11(14)9-3-1-8(2-4-9)10-7-12-5-6-17(10,15)16/h1-4,10,12-14H,5-7H2. The van der Waals surface area contributed by atoms with Gasteiger partial charge in [-0.25, -0.2) is 8.42 Å². The van der Waals surface area contributed by atoms with Crippen LogP contribution in [-0.2, 0) is 9.84 Å². The van der Waals surface area contributed by atoms with E-state index in [2.05, 4.69) is 5.32 Å². The Morgan fingerprint density at radius 3 is 2.41 bits per heavy atom. The van der Waals surface area contributed by atoms with E-state index in [1.54, 1.807) is 12.1 Å². The van der Waals surface area contributed by atoms with Crippen LogP contribution in [0.2, 0.25) is 0 Å². The topological polar surface area (TPSA) is 86.6 Å². The molecule has 0 bridgehead atoms. The number of hydrogen-bond acceptors (Lipinski definition) is 5. The van der Waals surface area contributed by atoms with Crippen molar-refractivity contribution in [2.45, 2.75) is 5.25 Å². The second-order valence-electron chi connectivity index (χ2n) is 4.10. The van der Waals surface area contributed by atoms with Gasteiger partial charge >= 0.3 is 7.12 Å². The Bertz CT molecular complexity index is 486. The van der Waals surface area contributed by atoms with Gasteiger partial charge in [-0.05, 0) is 11.0 Å². The first kappa shape index (κ1) is 12.6. The van der Waals surface area contributed by atoms with Crippen LogP contribution in [0.1, 0.15) is 10.8 Å². The molecule has 17 heavy (non-hydrogen) atoms. The molecule has 1 aromatic carbocycles. The van der Waals surface area contributed by atoms with Crippen LogP contribution >= 0.6 is 0 Å². The molecule has 5 nitrogen and oxygen atoms in total. The maximum Gasteiger partial charge on any atom is 0.488 e. The summed E-state index contributed by atoms with van der Waals surface area (Å²) in [6.07, 6.45) is 0. The van der Waals surface area contributed by atoms with E-state index in [1.165, 1.54) is 12.1 Å². The lowest BCUT2D eigenvalue weighted by Gasteiger charge is -2.23. The first-order valence-corrected chi connectivity index (χ1v) is 7.10. The summed E-state index contributed by atoms with van der Waals surface area (Å²) in [7, 11) is -4.62. The summed E-state index contributed by atoms with van der Waals surface area (Å²) in [5, 5.41) is 20.4. The molecule has 1 aromatic rings. The number of nitrogens with one attached hydrogen (secondary N) is 1. The normalized spacial score (nSPS) is 23.3. The molecule has 0 spiro atoms. The molecule has 1 fully saturated rings. The smallest absolute Gasteiger partial charge is 0.423 e. The van der Waals surface area contributed by atoms with Crippen molar-refractivity contribution in [3.63, 3.8) is 0 Å². The van der Waals surface area contributed by atoms with Gasteiger partial charge in [-0.2, -0.15) is 0 Å². The molecule has 3 N–H and O–H groups in total.